The molecule has 0 atom stereocenters. The zero-order chi connectivity index (χ0) is 22.0. The van der Waals surface area contributed by atoms with Crippen LogP contribution in [-0.4, -0.2) is 49.8 Å². The highest BCUT2D eigenvalue weighted by Gasteiger charge is 2.19. The first-order chi connectivity index (χ1) is 14.9. The number of anilines is 1. The van der Waals surface area contributed by atoms with E-state index in [4.69, 9.17) is 14.5 Å². The minimum Gasteiger partial charge on any atom is -0.454 e. The van der Waals surface area contributed by atoms with E-state index in [0.29, 0.717) is 12.3 Å². The van der Waals surface area contributed by atoms with Gasteiger partial charge in [0.05, 0.1) is 10.2 Å². The summed E-state index contributed by atoms with van der Waals surface area (Å²) in [7, 11) is 4.07. The van der Waals surface area contributed by atoms with Crippen LogP contribution in [0.1, 0.15) is 23.1 Å². The van der Waals surface area contributed by atoms with Gasteiger partial charge in [-0.05, 0) is 81.9 Å². The second kappa shape index (κ2) is 9.08. The lowest BCUT2D eigenvalue weighted by Gasteiger charge is -2.19. The number of aryl methyl sites for hydroxylation is 2. The fourth-order valence-electron chi connectivity index (χ4n) is 3.60. The second-order valence-electron chi connectivity index (χ2n) is 8.02. The summed E-state index contributed by atoms with van der Waals surface area (Å²) < 4.78 is 11.9. The quantitative estimate of drug-likeness (QED) is 0.504. The number of carbonyl (C=O) groups excluding carboxylic acids is 1. The lowest BCUT2D eigenvalue weighted by atomic mass is 10.1. The van der Waals surface area contributed by atoms with Gasteiger partial charge in [0.25, 0.3) is 5.91 Å². The molecule has 7 heteroatoms. The van der Waals surface area contributed by atoms with Crippen LogP contribution in [0.25, 0.3) is 16.3 Å². The molecular weight excluding hydrogens is 410 g/mol. The molecule has 0 spiro atoms. The number of amides is 1. The SMILES string of the molecule is Cc1cc(C)c2sc(N(CCCN(C)C)C(=O)/C=C/c3ccc4c(c3)OCO4)nc2c1. The molecule has 31 heavy (non-hydrogen) atoms. The van der Waals surface area contributed by atoms with Crippen molar-refractivity contribution in [3.05, 3.63) is 53.1 Å². The first-order valence-corrected chi connectivity index (χ1v) is 11.1. The molecule has 1 amide bonds. The van der Waals surface area contributed by atoms with Crippen LogP contribution in [0.15, 0.2) is 36.4 Å². The number of ether oxygens (including phenoxy) is 2. The first kappa shape index (κ1) is 21.3. The van der Waals surface area contributed by atoms with Crippen LogP contribution >= 0.6 is 11.3 Å². The molecule has 6 nitrogen and oxygen atoms in total. The summed E-state index contributed by atoms with van der Waals surface area (Å²) in [6, 6.07) is 9.89. The molecular formula is C24H27N3O3S. The van der Waals surface area contributed by atoms with Crippen LogP contribution in [0, 0.1) is 13.8 Å². The summed E-state index contributed by atoms with van der Waals surface area (Å²) in [5.41, 5.74) is 4.20. The van der Waals surface area contributed by atoms with Crippen molar-refractivity contribution in [1.29, 1.82) is 0 Å². The molecule has 3 aromatic rings. The molecule has 1 aromatic heterocycles. The number of thiazole rings is 1. The summed E-state index contributed by atoms with van der Waals surface area (Å²) >= 11 is 1.58. The fourth-order valence-corrected chi connectivity index (χ4v) is 4.65. The van der Waals surface area contributed by atoms with E-state index in [1.807, 2.05) is 38.4 Å². The van der Waals surface area contributed by atoms with Crippen molar-refractivity contribution in [1.82, 2.24) is 9.88 Å². The Bertz CT molecular complexity index is 1140. The smallest absolute Gasteiger partial charge is 0.252 e. The van der Waals surface area contributed by atoms with Gasteiger partial charge in [0.1, 0.15) is 0 Å². The minimum atomic E-state index is -0.0788. The summed E-state index contributed by atoms with van der Waals surface area (Å²) in [6.07, 6.45) is 4.29. The van der Waals surface area contributed by atoms with Crippen LogP contribution in [0.4, 0.5) is 5.13 Å². The van der Waals surface area contributed by atoms with Crippen LogP contribution < -0.4 is 14.4 Å². The third-order valence-corrected chi connectivity index (χ3v) is 6.34. The summed E-state index contributed by atoms with van der Waals surface area (Å²) in [4.78, 5) is 21.9. The zero-order valence-electron chi connectivity index (χ0n) is 18.3. The van der Waals surface area contributed by atoms with Crippen LogP contribution in [0.3, 0.4) is 0 Å². The predicted molar refractivity (Wildman–Crippen MR) is 126 cm³/mol. The monoisotopic (exact) mass is 437 g/mol. The number of aromatic nitrogens is 1. The number of rotatable bonds is 7. The Balaban J connectivity index is 1.59. The Morgan fingerprint density at radius 2 is 1.94 bits per heavy atom. The van der Waals surface area contributed by atoms with Crippen molar-refractivity contribution in [2.75, 3.05) is 38.9 Å². The Morgan fingerprint density at radius 3 is 2.74 bits per heavy atom. The van der Waals surface area contributed by atoms with Crippen molar-refractivity contribution in [2.45, 2.75) is 20.3 Å². The predicted octanol–water partition coefficient (Wildman–Crippen LogP) is 4.64. The highest BCUT2D eigenvalue weighted by atomic mass is 32.1. The molecule has 0 radical (unpaired) electrons. The lowest BCUT2D eigenvalue weighted by Crippen LogP contribution is -2.32. The Labute approximate surface area is 186 Å². The van der Waals surface area contributed by atoms with Gasteiger partial charge in [0, 0.05) is 12.6 Å². The molecule has 0 saturated heterocycles. The summed E-state index contributed by atoms with van der Waals surface area (Å²) in [5.74, 6) is 1.35. The molecule has 0 unspecified atom stereocenters. The van der Waals surface area contributed by atoms with E-state index in [1.54, 1.807) is 22.3 Å². The third-order valence-electron chi connectivity index (χ3n) is 5.11. The Hall–Kier alpha value is -2.90. The first-order valence-electron chi connectivity index (χ1n) is 10.3. The van der Waals surface area contributed by atoms with Gasteiger partial charge in [-0.25, -0.2) is 4.98 Å². The Morgan fingerprint density at radius 1 is 1.13 bits per heavy atom. The van der Waals surface area contributed by atoms with Gasteiger partial charge in [-0.1, -0.05) is 23.5 Å². The van der Waals surface area contributed by atoms with Crippen molar-refractivity contribution in [3.8, 4) is 11.5 Å². The number of fused-ring (bicyclic) bond motifs is 2. The fraction of sp³-hybridized carbons (Fsp3) is 0.333. The van der Waals surface area contributed by atoms with E-state index in [2.05, 4.69) is 30.9 Å². The van der Waals surface area contributed by atoms with Crippen molar-refractivity contribution in [3.63, 3.8) is 0 Å². The van der Waals surface area contributed by atoms with Gasteiger partial charge in [0.2, 0.25) is 6.79 Å². The van der Waals surface area contributed by atoms with Crippen molar-refractivity contribution >= 4 is 38.7 Å². The van der Waals surface area contributed by atoms with Gasteiger partial charge >= 0.3 is 0 Å². The van der Waals surface area contributed by atoms with E-state index >= 15 is 0 Å². The van der Waals surface area contributed by atoms with Gasteiger partial charge in [-0.2, -0.15) is 0 Å². The summed E-state index contributed by atoms with van der Waals surface area (Å²) in [5, 5.41) is 0.739. The molecule has 0 saturated carbocycles. The number of hydrogen-bond acceptors (Lipinski definition) is 6. The molecule has 0 bridgehead atoms. The molecule has 1 aliphatic rings. The van der Waals surface area contributed by atoms with Gasteiger partial charge in [0.15, 0.2) is 16.6 Å². The average molecular weight is 438 g/mol. The van der Waals surface area contributed by atoms with Gasteiger partial charge < -0.3 is 14.4 Å². The van der Waals surface area contributed by atoms with Gasteiger partial charge in [-0.3, -0.25) is 9.69 Å². The number of nitrogens with zero attached hydrogens (tertiary/aromatic N) is 3. The molecule has 0 aliphatic carbocycles. The maximum absolute atomic E-state index is 13.2. The zero-order valence-corrected chi connectivity index (χ0v) is 19.2. The highest BCUT2D eigenvalue weighted by molar-refractivity contribution is 7.22. The molecule has 2 heterocycles. The Kier molecular flexibility index (Phi) is 6.25. The largest absolute Gasteiger partial charge is 0.454 e. The molecule has 4 rings (SSSR count). The van der Waals surface area contributed by atoms with E-state index < -0.39 is 0 Å². The molecule has 2 aromatic carbocycles. The molecule has 1 aliphatic heterocycles. The third kappa shape index (κ3) is 4.89. The van der Waals surface area contributed by atoms with Crippen LogP contribution in [0.2, 0.25) is 0 Å². The standard InChI is InChI=1S/C24H27N3O3S/c1-16-12-17(2)23-19(13-16)25-24(31-23)27(11-5-10-26(3)4)22(28)9-7-18-6-8-20-21(14-18)30-15-29-20/h6-9,12-14H,5,10-11,15H2,1-4H3/b9-7+. The number of benzene rings is 2. The normalized spacial score (nSPS) is 12.9. The van der Waals surface area contributed by atoms with E-state index in [1.165, 1.54) is 11.1 Å². The van der Waals surface area contributed by atoms with Crippen molar-refractivity contribution < 1.29 is 14.3 Å². The highest BCUT2D eigenvalue weighted by Crippen LogP contribution is 2.34. The molecule has 0 fully saturated rings. The molecule has 0 N–H and O–H groups in total. The number of hydrogen-bond donors (Lipinski definition) is 0. The second-order valence-corrected chi connectivity index (χ2v) is 9.00. The maximum Gasteiger partial charge on any atom is 0.252 e. The number of carbonyl (C=O) groups is 1. The van der Waals surface area contributed by atoms with Gasteiger partial charge in [-0.15, -0.1) is 0 Å². The van der Waals surface area contributed by atoms with E-state index in [-0.39, 0.29) is 12.7 Å². The maximum atomic E-state index is 13.2. The van der Waals surface area contributed by atoms with Crippen LogP contribution in [0.5, 0.6) is 11.5 Å². The van der Waals surface area contributed by atoms with E-state index in [0.717, 1.165) is 39.6 Å². The van der Waals surface area contributed by atoms with Crippen molar-refractivity contribution in [2.24, 2.45) is 0 Å². The summed E-state index contributed by atoms with van der Waals surface area (Å²) in [6.45, 7) is 5.91. The lowest BCUT2D eigenvalue weighted by molar-refractivity contribution is -0.114. The van der Waals surface area contributed by atoms with Crippen LogP contribution in [-0.2, 0) is 4.79 Å². The minimum absolute atomic E-state index is 0.0788. The van der Waals surface area contributed by atoms with E-state index in [9.17, 15) is 4.79 Å². The topological polar surface area (TPSA) is 54.9 Å². The molecule has 162 valence electrons. The average Bonchev–Trinajstić information content (AvgIpc) is 3.35.